The number of amides is 1. The summed E-state index contributed by atoms with van der Waals surface area (Å²) in [5.74, 6) is 0.509. The maximum atomic E-state index is 12.3. The molecule has 2 aliphatic rings. The molecule has 0 saturated heterocycles. The van der Waals surface area contributed by atoms with Gasteiger partial charge in [0.05, 0.1) is 11.7 Å². The van der Waals surface area contributed by atoms with Crippen LogP contribution in [0.5, 0.6) is 0 Å². The van der Waals surface area contributed by atoms with E-state index >= 15 is 0 Å². The van der Waals surface area contributed by atoms with Gasteiger partial charge in [-0.25, -0.2) is 9.97 Å². The van der Waals surface area contributed by atoms with Crippen molar-refractivity contribution in [2.45, 2.75) is 58.0 Å². The molecule has 1 fully saturated rings. The Hall–Kier alpha value is -4.08. The molecule has 1 aliphatic carbocycles. The predicted octanol–water partition coefficient (Wildman–Crippen LogP) is 4.07. The highest BCUT2D eigenvalue weighted by Gasteiger charge is 2.24. The van der Waals surface area contributed by atoms with Gasteiger partial charge in [-0.1, -0.05) is 25.3 Å². The standard InChI is InChI=1S/C27H29N7O3/c1-17(35)37-16-25(36)33-12-10-22-18(15-33)7-8-24(30-22)31-27-29-13-21-20-9-11-28-14-23(20)34(26(21)32-27)19-5-3-2-4-6-19/h7-9,11,13-14,19H,2-6,10,12,15-16H2,1H3,(H,29,30,31,32). The van der Waals surface area contributed by atoms with Crippen LogP contribution in [-0.4, -0.2) is 54.4 Å². The van der Waals surface area contributed by atoms with E-state index in [1.54, 1.807) is 4.90 Å². The van der Waals surface area contributed by atoms with Crippen molar-refractivity contribution in [3.8, 4) is 0 Å². The fourth-order valence-electron chi connectivity index (χ4n) is 5.50. The van der Waals surface area contributed by atoms with Gasteiger partial charge in [0.25, 0.3) is 5.91 Å². The van der Waals surface area contributed by atoms with E-state index in [2.05, 4.69) is 19.9 Å². The minimum absolute atomic E-state index is 0.201. The monoisotopic (exact) mass is 499 g/mol. The first-order valence-corrected chi connectivity index (χ1v) is 12.8. The fraction of sp³-hybridized carbons (Fsp3) is 0.407. The molecular formula is C27H29N7O3. The lowest BCUT2D eigenvalue weighted by Gasteiger charge is -2.28. The molecule has 190 valence electrons. The van der Waals surface area contributed by atoms with Crippen LogP contribution in [0, 0.1) is 0 Å². The van der Waals surface area contributed by atoms with E-state index in [0.29, 0.717) is 37.3 Å². The van der Waals surface area contributed by atoms with Crippen molar-refractivity contribution >= 4 is 45.6 Å². The summed E-state index contributed by atoms with van der Waals surface area (Å²) in [4.78, 5) is 43.7. The molecule has 0 radical (unpaired) electrons. The number of carbonyl (C=O) groups is 2. The number of ether oxygens (including phenoxy) is 1. The maximum Gasteiger partial charge on any atom is 0.303 e. The smallest absolute Gasteiger partial charge is 0.303 e. The number of anilines is 2. The first kappa shape index (κ1) is 23.3. The molecule has 0 aromatic carbocycles. The Morgan fingerprint density at radius 1 is 1.08 bits per heavy atom. The number of pyridine rings is 2. The fourth-order valence-corrected chi connectivity index (χ4v) is 5.50. The lowest BCUT2D eigenvalue weighted by Crippen LogP contribution is -2.38. The number of hydrogen-bond donors (Lipinski definition) is 1. The van der Waals surface area contributed by atoms with Crippen LogP contribution < -0.4 is 5.32 Å². The second-order valence-corrected chi connectivity index (χ2v) is 9.76. The molecule has 4 aromatic rings. The van der Waals surface area contributed by atoms with Gasteiger partial charge in [-0.2, -0.15) is 4.98 Å². The quantitative estimate of drug-likeness (QED) is 0.409. The highest BCUT2D eigenvalue weighted by Crippen LogP contribution is 2.36. The van der Waals surface area contributed by atoms with Gasteiger partial charge in [0, 0.05) is 61.3 Å². The summed E-state index contributed by atoms with van der Waals surface area (Å²) in [6.45, 7) is 2.04. The highest BCUT2D eigenvalue weighted by atomic mass is 16.5. The third-order valence-corrected chi connectivity index (χ3v) is 7.33. The Bertz CT molecular complexity index is 1490. The number of carbonyl (C=O) groups excluding carboxylic acids is 2. The molecule has 10 nitrogen and oxygen atoms in total. The average molecular weight is 500 g/mol. The van der Waals surface area contributed by atoms with Gasteiger partial charge in [-0.3, -0.25) is 14.6 Å². The third-order valence-electron chi connectivity index (χ3n) is 7.33. The van der Waals surface area contributed by atoms with Crippen molar-refractivity contribution in [1.82, 2.24) is 29.4 Å². The van der Waals surface area contributed by atoms with Crippen LogP contribution in [0.3, 0.4) is 0 Å². The molecule has 0 atom stereocenters. The van der Waals surface area contributed by atoms with Crippen molar-refractivity contribution in [1.29, 1.82) is 0 Å². The minimum atomic E-state index is -0.459. The zero-order valence-electron chi connectivity index (χ0n) is 20.8. The summed E-state index contributed by atoms with van der Waals surface area (Å²) in [5.41, 5.74) is 3.95. The number of fused-ring (bicyclic) bond motifs is 4. The number of esters is 1. The molecule has 0 spiro atoms. The van der Waals surface area contributed by atoms with Crippen LogP contribution in [0.1, 0.15) is 56.3 Å². The summed E-state index contributed by atoms with van der Waals surface area (Å²) < 4.78 is 7.20. The highest BCUT2D eigenvalue weighted by molar-refractivity contribution is 6.06. The van der Waals surface area contributed by atoms with Crippen LogP contribution in [-0.2, 0) is 27.3 Å². The van der Waals surface area contributed by atoms with E-state index in [0.717, 1.165) is 46.0 Å². The molecule has 1 amide bonds. The van der Waals surface area contributed by atoms with E-state index in [1.807, 2.05) is 36.8 Å². The van der Waals surface area contributed by atoms with E-state index in [4.69, 9.17) is 14.7 Å². The van der Waals surface area contributed by atoms with Gasteiger partial charge in [-0.15, -0.1) is 0 Å². The molecule has 37 heavy (non-hydrogen) atoms. The van der Waals surface area contributed by atoms with Crippen LogP contribution in [0.4, 0.5) is 11.8 Å². The van der Waals surface area contributed by atoms with Crippen molar-refractivity contribution < 1.29 is 14.3 Å². The second-order valence-electron chi connectivity index (χ2n) is 9.76. The summed E-state index contributed by atoms with van der Waals surface area (Å²) >= 11 is 0. The lowest BCUT2D eigenvalue weighted by atomic mass is 9.95. The largest absolute Gasteiger partial charge is 0.456 e. The van der Waals surface area contributed by atoms with E-state index in [1.165, 1.54) is 26.2 Å². The zero-order chi connectivity index (χ0) is 25.4. The van der Waals surface area contributed by atoms with Gasteiger partial charge in [0.1, 0.15) is 11.5 Å². The minimum Gasteiger partial charge on any atom is -0.456 e. The second kappa shape index (κ2) is 9.76. The van der Waals surface area contributed by atoms with Gasteiger partial charge in [-0.05, 0) is 30.5 Å². The van der Waals surface area contributed by atoms with Gasteiger partial charge in [0.15, 0.2) is 6.61 Å². The molecule has 1 saturated carbocycles. The Morgan fingerprint density at radius 3 is 2.78 bits per heavy atom. The zero-order valence-corrected chi connectivity index (χ0v) is 20.8. The first-order valence-electron chi connectivity index (χ1n) is 12.8. The SMILES string of the molecule is CC(=O)OCC(=O)N1CCc2nc(Nc3ncc4c5ccncc5n(C5CCCCC5)c4n3)ccc2C1. The normalized spacial score (nSPS) is 16.1. The predicted molar refractivity (Wildman–Crippen MR) is 138 cm³/mol. The topological polar surface area (TPSA) is 115 Å². The van der Waals surface area contributed by atoms with Crippen LogP contribution in [0.25, 0.3) is 21.9 Å². The van der Waals surface area contributed by atoms with Crippen molar-refractivity contribution in [2.24, 2.45) is 0 Å². The maximum absolute atomic E-state index is 12.3. The molecule has 1 N–H and O–H groups in total. The van der Waals surface area contributed by atoms with E-state index in [9.17, 15) is 9.59 Å². The third kappa shape index (κ3) is 4.59. The molecule has 6 rings (SSSR count). The first-order chi connectivity index (χ1) is 18.1. The van der Waals surface area contributed by atoms with E-state index in [-0.39, 0.29) is 12.5 Å². The molecule has 10 heteroatoms. The Labute approximate surface area is 214 Å². The molecule has 0 bridgehead atoms. The molecular weight excluding hydrogens is 470 g/mol. The van der Waals surface area contributed by atoms with Gasteiger partial charge >= 0.3 is 5.97 Å². The summed E-state index contributed by atoms with van der Waals surface area (Å²) in [7, 11) is 0. The van der Waals surface area contributed by atoms with Gasteiger partial charge < -0.3 is 19.5 Å². The number of hydrogen-bond acceptors (Lipinski definition) is 8. The number of aromatic nitrogens is 5. The Balaban J connectivity index is 1.25. The molecule has 0 unspecified atom stereocenters. The van der Waals surface area contributed by atoms with E-state index < -0.39 is 5.97 Å². The van der Waals surface area contributed by atoms with Crippen LogP contribution in [0.2, 0.25) is 0 Å². The van der Waals surface area contributed by atoms with Crippen LogP contribution >= 0.6 is 0 Å². The Morgan fingerprint density at radius 2 is 1.95 bits per heavy atom. The number of nitrogens with one attached hydrogen (secondary N) is 1. The summed E-state index contributed by atoms with van der Waals surface area (Å²) in [6, 6.07) is 6.30. The molecule has 4 aromatic heterocycles. The Kier molecular flexibility index (Phi) is 6.15. The molecule has 5 heterocycles. The number of rotatable bonds is 5. The van der Waals surface area contributed by atoms with Crippen molar-refractivity contribution in [3.05, 3.63) is 48.0 Å². The van der Waals surface area contributed by atoms with Crippen molar-refractivity contribution in [3.63, 3.8) is 0 Å². The molecule has 1 aliphatic heterocycles. The summed E-state index contributed by atoms with van der Waals surface area (Å²) in [6.07, 6.45) is 12.3. The lowest BCUT2D eigenvalue weighted by molar-refractivity contribution is -0.150. The number of nitrogens with zero attached hydrogens (tertiary/aromatic N) is 6. The van der Waals surface area contributed by atoms with Crippen molar-refractivity contribution in [2.75, 3.05) is 18.5 Å². The average Bonchev–Trinajstić information content (AvgIpc) is 3.25. The van der Waals surface area contributed by atoms with Crippen LogP contribution in [0.15, 0.2) is 36.8 Å². The summed E-state index contributed by atoms with van der Waals surface area (Å²) in [5, 5.41) is 5.45. The van der Waals surface area contributed by atoms with Gasteiger partial charge in [0.2, 0.25) is 5.95 Å².